The Morgan fingerprint density at radius 2 is 1.94 bits per heavy atom. The van der Waals surface area contributed by atoms with E-state index in [0.29, 0.717) is 11.3 Å². The lowest BCUT2D eigenvalue weighted by atomic mass is 10.00. The first kappa shape index (κ1) is 12.6. The minimum atomic E-state index is -4.46. The SMILES string of the molecule is OCC1(Nc2nnc(C(F)(F)F)s2)CCCC1. The molecular weight excluding hydrogens is 255 g/mol. The van der Waals surface area contributed by atoms with E-state index in [0.717, 1.165) is 25.7 Å². The zero-order valence-corrected chi connectivity index (χ0v) is 9.74. The highest BCUT2D eigenvalue weighted by Gasteiger charge is 2.38. The predicted molar refractivity (Wildman–Crippen MR) is 56.8 cm³/mol. The highest BCUT2D eigenvalue weighted by atomic mass is 32.1. The van der Waals surface area contributed by atoms with Crippen LogP contribution in [0.1, 0.15) is 30.7 Å². The summed E-state index contributed by atoms with van der Waals surface area (Å²) in [7, 11) is 0. The summed E-state index contributed by atoms with van der Waals surface area (Å²) in [5.41, 5.74) is -0.525. The number of aliphatic hydroxyl groups excluding tert-OH is 1. The van der Waals surface area contributed by atoms with E-state index >= 15 is 0 Å². The molecule has 0 aromatic carbocycles. The maximum absolute atomic E-state index is 12.3. The van der Waals surface area contributed by atoms with Crippen LogP contribution < -0.4 is 5.32 Å². The van der Waals surface area contributed by atoms with E-state index in [1.807, 2.05) is 0 Å². The van der Waals surface area contributed by atoms with Crippen molar-refractivity contribution in [3.8, 4) is 0 Å². The number of anilines is 1. The molecule has 2 N–H and O–H groups in total. The zero-order valence-electron chi connectivity index (χ0n) is 8.92. The van der Waals surface area contributed by atoms with Gasteiger partial charge in [-0.15, -0.1) is 10.2 Å². The smallest absolute Gasteiger partial charge is 0.394 e. The second kappa shape index (κ2) is 4.41. The molecule has 2 rings (SSSR count). The van der Waals surface area contributed by atoms with E-state index in [-0.39, 0.29) is 11.7 Å². The van der Waals surface area contributed by atoms with E-state index in [9.17, 15) is 18.3 Å². The lowest BCUT2D eigenvalue weighted by Crippen LogP contribution is -2.38. The number of hydrogen-bond acceptors (Lipinski definition) is 5. The van der Waals surface area contributed by atoms with E-state index in [1.165, 1.54) is 0 Å². The van der Waals surface area contributed by atoms with Crippen molar-refractivity contribution in [3.63, 3.8) is 0 Å². The number of alkyl halides is 3. The van der Waals surface area contributed by atoms with Crippen molar-refractivity contribution in [1.29, 1.82) is 0 Å². The van der Waals surface area contributed by atoms with Gasteiger partial charge in [0.15, 0.2) is 0 Å². The number of nitrogens with zero attached hydrogens (tertiary/aromatic N) is 2. The first-order chi connectivity index (χ1) is 7.95. The van der Waals surface area contributed by atoms with Gasteiger partial charge in [0.05, 0.1) is 12.1 Å². The fourth-order valence-electron chi connectivity index (χ4n) is 1.99. The van der Waals surface area contributed by atoms with Crippen molar-refractivity contribution >= 4 is 16.5 Å². The van der Waals surface area contributed by atoms with Crippen LogP contribution in [0, 0.1) is 0 Å². The third-order valence-corrected chi connectivity index (χ3v) is 3.79. The summed E-state index contributed by atoms with van der Waals surface area (Å²) in [4.78, 5) is 0. The molecule has 1 heterocycles. The Labute approximate surface area is 99.9 Å². The fraction of sp³-hybridized carbons (Fsp3) is 0.778. The Kier molecular flexibility index (Phi) is 3.26. The third-order valence-electron chi connectivity index (χ3n) is 2.90. The molecule has 0 radical (unpaired) electrons. The van der Waals surface area contributed by atoms with Crippen LogP contribution in [0.2, 0.25) is 0 Å². The van der Waals surface area contributed by atoms with Gasteiger partial charge in [0, 0.05) is 0 Å². The van der Waals surface area contributed by atoms with Crippen LogP contribution in [0.5, 0.6) is 0 Å². The van der Waals surface area contributed by atoms with Gasteiger partial charge in [-0.1, -0.05) is 24.2 Å². The van der Waals surface area contributed by atoms with Crippen molar-refractivity contribution in [1.82, 2.24) is 10.2 Å². The van der Waals surface area contributed by atoms with Crippen LogP contribution >= 0.6 is 11.3 Å². The number of halogens is 3. The van der Waals surface area contributed by atoms with Crippen molar-refractivity contribution < 1.29 is 18.3 Å². The number of aromatic nitrogens is 2. The van der Waals surface area contributed by atoms with Gasteiger partial charge in [-0.2, -0.15) is 13.2 Å². The van der Waals surface area contributed by atoms with Crippen LogP contribution in [0.3, 0.4) is 0 Å². The van der Waals surface area contributed by atoms with Gasteiger partial charge in [-0.25, -0.2) is 0 Å². The van der Waals surface area contributed by atoms with Crippen molar-refractivity contribution in [2.75, 3.05) is 11.9 Å². The molecule has 0 aliphatic heterocycles. The highest BCUT2D eigenvalue weighted by Crippen LogP contribution is 2.37. The first-order valence-electron chi connectivity index (χ1n) is 5.25. The summed E-state index contributed by atoms with van der Waals surface area (Å²) < 4.78 is 37.0. The van der Waals surface area contributed by atoms with Crippen molar-refractivity contribution in [2.24, 2.45) is 0 Å². The van der Waals surface area contributed by atoms with Crippen LogP contribution in [0.4, 0.5) is 18.3 Å². The third kappa shape index (κ3) is 2.68. The molecule has 4 nitrogen and oxygen atoms in total. The van der Waals surface area contributed by atoms with Gasteiger partial charge in [0.25, 0.3) is 0 Å². The number of nitrogens with one attached hydrogen (secondary N) is 1. The Balaban J connectivity index is 2.11. The minimum absolute atomic E-state index is 0.103. The molecule has 0 bridgehead atoms. The molecule has 96 valence electrons. The van der Waals surface area contributed by atoms with Crippen molar-refractivity contribution in [3.05, 3.63) is 5.01 Å². The molecule has 1 fully saturated rings. The molecular formula is C9H12F3N3OS. The second-order valence-electron chi connectivity index (χ2n) is 4.18. The molecule has 0 spiro atoms. The molecule has 8 heteroatoms. The van der Waals surface area contributed by atoms with E-state index in [2.05, 4.69) is 15.5 Å². The number of rotatable bonds is 3. The van der Waals surface area contributed by atoms with Crippen LogP contribution in [-0.2, 0) is 6.18 Å². The second-order valence-corrected chi connectivity index (χ2v) is 5.16. The summed E-state index contributed by atoms with van der Waals surface area (Å²) >= 11 is 0.471. The maximum atomic E-state index is 12.3. The standard InChI is InChI=1S/C9H12F3N3OS/c10-9(11,12)6-14-15-7(17-6)13-8(5-16)3-1-2-4-8/h16H,1-5H2,(H,13,15). The summed E-state index contributed by atoms with van der Waals surface area (Å²) in [6, 6.07) is 0. The number of hydrogen-bond donors (Lipinski definition) is 2. The van der Waals surface area contributed by atoms with Crippen LogP contribution in [-0.4, -0.2) is 27.4 Å². The van der Waals surface area contributed by atoms with Gasteiger partial charge < -0.3 is 10.4 Å². The van der Waals surface area contributed by atoms with E-state index in [1.54, 1.807) is 0 Å². The average Bonchev–Trinajstić information content (AvgIpc) is 2.87. The topological polar surface area (TPSA) is 58.0 Å². The first-order valence-corrected chi connectivity index (χ1v) is 6.07. The monoisotopic (exact) mass is 267 g/mol. The molecule has 0 unspecified atom stereocenters. The molecule has 1 aliphatic rings. The molecule has 0 saturated heterocycles. The largest absolute Gasteiger partial charge is 0.445 e. The Bertz CT molecular complexity index is 387. The summed E-state index contributed by atoms with van der Waals surface area (Å²) in [6.45, 7) is -0.103. The lowest BCUT2D eigenvalue weighted by Gasteiger charge is -2.27. The maximum Gasteiger partial charge on any atom is 0.445 e. The van der Waals surface area contributed by atoms with Crippen molar-refractivity contribution in [2.45, 2.75) is 37.4 Å². The molecule has 1 saturated carbocycles. The van der Waals surface area contributed by atoms with Gasteiger partial charge >= 0.3 is 6.18 Å². The van der Waals surface area contributed by atoms with Gasteiger partial charge in [-0.3, -0.25) is 0 Å². The quantitative estimate of drug-likeness (QED) is 0.882. The highest BCUT2D eigenvalue weighted by molar-refractivity contribution is 7.15. The van der Waals surface area contributed by atoms with Gasteiger partial charge in [-0.05, 0) is 12.8 Å². The zero-order chi connectivity index (χ0) is 12.5. The van der Waals surface area contributed by atoms with E-state index in [4.69, 9.17) is 0 Å². The Morgan fingerprint density at radius 1 is 1.29 bits per heavy atom. The normalized spacial score (nSPS) is 19.5. The summed E-state index contributed by atoms with van der Waals surface area (Å²) in [6.07, 6.45) is -1.06. The summed E-state index contributed by atoms with van der Waals surface area (Å²) in [5.74, 6) is 0. The lowest BCUT2D eigenvalue weighted by molar-refractivity contribution is -0.138. The molecule has 0 amide bonds. The summed E-state index contributed by atoms with van der Waals surface area (Å²) in [5, 5.41) is 17.9. The predicted octanol–water partition coefficient (Wildman–Crippen LogP) is 2.27. The fourth-order valence-corrected chi connectivity index (χ4v) is 2.72. The van der Waals surface area contributed by atoms with Crippen LogP contribution in [0.15, 0.2) is 0 Å². The van der Waals surface area contributed by atoms with Gasteiger partial charge in [0.1, 0.15) is 0 Å². The minimum Gasteiger partial charge on any atom is -0.394 e. The molecule has 1 aromatic rings. The van der Waals surface area contributed by atoms with Gasteiger partial charge in [0.2, 0.25) is 10.1 Å². The Morgan fingerprint density at radius 3 is 2.41 bits per heavy atom. The Hall–Kier alpha value is -0.890. The average molecular weight is 267 g/mol. The molecule has 1 aromatic heterocycles. The molecule has 17 heavy (non-hydrogen) atoms. The molecule has 1 aliphatic carbocycles. The van der Waals surface area contributed by atoms with Crippen LogP contribution in [0.25, 0.3) is 0 Å². The molecule has 0 atom stereocenters. The van der Waals surface area contributed by atoms with E-state index < -0.39 is 16.7 Å². The number of aliphatic hydroxyl groups is 1.